The van der Waals surface area contributed by atoms with Crippen molar-refractivity contribution in [3.63, 3.8) is 0 Å². The van der Waals surface area contributed by atoms with Crippen LogP contribution in [0.25, 0.3) is 0 Å². The van der Waals surface area contributed by atoms with E-state index in [1.54, 1.807) is 0 Å². The number of amides is 1. The van der Waals surface area contributed by atoms with Gasteiger partial charge in [-0.2, -0.15) is 0 Å². The summed E-state index contributed by atoms with van der Waals surface area (Å²) in [6.07, 6.45) is 3.24. The highest BCUT2D eigenvalue weighted by Gasteiger charge is 2.30. The second-order valence-corrected chi connectivity index (χ2v) is 4.62. The van der Waals surface area contributed by atoms with Crippen molar-refractivity contribution in [2.45, 2.75) is 38.3 Å². The van der Waals surface area contributed by atoms with Crippen LogP contribution in [-0.2, 0) is 4.79 Å². The number of rotatable bonds is 3. The van der Waals surface area contributed by atoms with Gasteiger partial charge in [0.2, 0.25) is 5.91 Å². The first kappa shape index (κ1) is 12.1. The monoisotopic (exact) mass is 232 g/mol. The third kappa shape index (κ3) is 2.50. The molecule has 1 unspecified atom stereocenters. The van der Waals surface area contributed by atoms with E-state index in [1.165, 1.54) is 0 Å². The molecule has 0 aromatic heterocycles. The third-order valence-electron chi connectivity index (χ3n) is 3.56. The van der Waals surface area contributed by atoms with Gasteiger partial charge in [-0.1, -0.05) is 37.3 Å². The van der Waals surface area contributed by atoms with Crippen molar-refractivity contribution >= 4 is 5.91 Å². The molecule has 1 aliphatic rings. The van der Waals surface area contributed by atoms with E-state index in [4.69, 9.17) is 5.73 Å². The molecule has 0 saturated carbocycles. The van der Waals surface area contributed by atoms with Gasteiger partial charge in [0.1, 0.15) is 6.04 Å². The standard InChI is InChI=1S/C14H20N2O/c1-2-12-9-6-10-16(12)14(17)13(15)11-7-4-3-5-8-11/h3-5,7-8,12-13H,2,6,9-10,15H2,1H3/t12?,13-/m1/s1. The van der Waals surface area contributed by atoms with E-state index in [0.29, 0.717) is 6.04 Å². The number of hydrogen-bond acceptors (Lipinski definition) is 2. The summed E-state index contributed by atoms with van der Waals surface area (Å²) in [5, 5.41) is 0. The molecule has 1 aliphatic heterocycles. The van der Waals surface area contributed by atoms with Gasteiger partial charge in [0, 0.05) is 12.6 Å². The molecule has 1 aromatic rings. The maximum Gasteiger partial charge on any atom is 0.244 e. The van der Waals surface area contributed by atoms with Gasteiger partial charge in [-0.25, -0.2) is 0 Å². The molecule has 2 rings (SSSR count). The van der Waals surface area contributed by atoms with Gasteiger partial charge >= 0.3 is 0 Å². The Morgan fingerprint density at radius 1 is 1.47 bits per heavy atom. The van der Waals surface area contributed by atoms with Crippen molar-refractivity contribution in [2.24, 2.45) is 5.73 Å². The van der Waals surface area contributed by atoms with Crippen molar-refractivity contribution in [3.05, 3.63) is 35.9 Å². The number of carbonyl (C=O) groups excluding carboxylic acids is 1. The lowest BCUT2D eigenvalue weighted by molar-refractivity contribution is -0.133. The molecule has 1 amide bonds. The van der Waals surface area contributed by atoms with Crippen LogP contribution in [0, 0.1) is 0 Å². The van der Waals surface area contributed by atoms with Crippen LogP contribution < -0.4 is 5.73 Å². The second-order valence-electron chi connectivity index (χ2n) is 4.62. The van der Waals surface area contributed by atoms with Gasteiger partial charge in [0.15, 0.2) is 0 Å². The molecule has 0 spiro atoms. The Hall–Kier alpha value is -1.35. The first-order valence-electron chi connectivity index (χ1n) is 6.35. The van der Waals surface area contributed by atoms with Gasteiger partial charge < -0.3 is 10.6 Å². The van der Waals surface area contributed by atoms with E-state index in [0.717, 1.165) is 31.4 Å². The minimum absolute atomic E-state index is 0.0700. The predicted molar refractivity (Wildman–Crippen MR) is 68.4 cm³/mol. The summed E-state index contributed by atoms with van der Waals surface area (Å²) >= 11 is 0. The first-order valence-corrected chi connectivity index (χ1v) is 6.35. The molecular formula is C14H20N2O. The molecule has 1 fully saturated rings. The zero-order valence-corrected chi connectivity index (χ0v) is 10.3. The van der Waals surface area contributed by atoms with Gasteiger partial charge in [-0.3, -0.25) is 4.79 Å². The lowest BCUT2D eigenvalue weighted by Crippen LogP contribution is -2.41. The number of hydrogen-bond donors (Lipinski definition) is 1. The Morgan fingerprint density at radius 3 is 2.82 bits per heavy atom. The fourth-order valence-corrected chi connectivity index (χ4v) is 2.53. The second kappa shape index (κ2) is 5.32. The van der Waals surface area contributed by atoms with E-state index in [2.05, 4.69) is 6.92 Å². The SMILES string of the molecule is CCC1CCCN1C(=O)[C@H](N)c1ccccc1. The third-order valence-corrected chi connectivity index (χ3v) is 3.56. The minimum Gasteiger partial charge on any atom is -0.338 e. The zero-order valence-electron chi connectivity index (χ0n) is 10.3. The summed E-state index contributed by atoms with van der Waals surface area (Å²) in [4.78, 5) is 14.3. The Balaban J connectivity index is 2.10. The van der Waals surface area contributed by atoms with Crippen molar-refractivity contribution < 1.29 is 4.79 Å². The first-order chi connectivity index (χ1) is 8.24. The van der Waals surface area contributed by atoms with E-state index < -0.39 is 6.04 Å². The molecule has 3 heteroatoms. The molecular weight excluding hydrogens is 212 g/mol. The fourth-order valence-electron chi connectivity index (χ4n) is 2.53. The lowest BCUT2D eigenvalue weighted by atomic mass is 10.1. The number of benzene rings is 1. The molecule has 3 nitrogen and oxygen atoms in total. The van der Waals surface area contributed by atoms with E-state index in [9.17, 15) is 4.79 Å². The Morgan fingerprint density at radius 2 is 2.18 bits per heavy atom. The molecule has 0 aliphatic carbocycles. The smallest absolute Gasteiger partial charge is 0.244 e. The van der Waals surface area contributed by atoms with Gasteiger partial charge in [0.05, 0.1) is 0 Å². The fraction of sp³-hybridized carbons (Fsp3) is 0.500. The Bertz CT molecular complexity index is 377. The predicted octanol–water partition coefficient (Wildman–Crippen LogP) is 2.09. The van der Waals surface area contributed by atoms with Crippen molar-refractivity contribution in [2.75, 3.05) is 6.54 Å². The molecule has 92 valence electrons. The maximum absolute atomic E-state index is 12.3. The van der Waals surface area contributed by atoms with Crippen LogP contribution >= 0.6 is 0 Å². The van der Waals surface area contributed by atoms with E-state index in [1.807, 2.05) is 35.2 Å². The van der Waals surface area contributed by atoms with Crippen molar-refractivity contribution in [3.8, 4) is 0 Å². The lowest BCUT2D eigenvalue weighted by Gasteiger charge is -2.26. The highest BCUT2D eigenvalue weighted by atomic mass is 16.2. The molecule has 1 aromatic carbocycles. The van der Waals surface area contributed by atoms with Gasteiger partial charge in [0.25, 0.3) is 0 Å². The van der Waals surface area contributed by atoms with Gasteiger partial charge in [-0.15, -0.1) is 0 Å². The number of nitrogens with zero attached hydrogens (tertiary/aromatic N) is 1. The van der Waals surface area contributed by atoms with Crippen LogP contribution in [0.4, 0.5) is 0 Å². The maximum atomic E-state index is 12.3. The summed E-state index contributed by atoms with van der Waals surface area (Å²) in [5.74, 6) is 0.0700. The molecule has 2 N–H and O–H groups in total. The normalized spacial score (nSPS) is 21.5. The van der Waals surface area contributed by atoms with E-state index >= 15 is 0 Å². The van der Waals surface area contributed by atoms with E-state index in [-0.39, 0.29) is 5.91 Å². The van der Waals surface area contributed by atoms with Crippen LogP contribution in [0.1, 0.15) is 37.8 Å². The summed E-state index contributed by atoms with van der Waals surface area (Å²) in [5.41, 5.74) is 6.95. The van der Waals surface area contributed by atoms with Crippen molar-refractivity contribution in [1.82, 2.24) is 4.90 Å². The summed E-state index contributed by atoms with van der Waals surface area (Å²) in [6, 6.07) is 9.48. The quantitative estimate of drug-likeness (QED) is 0.867. The minimum atomic E-state index is -0.511. The van der Waals surface area contributed by atoms with Crippen LogP contribution in [-0.4, -0.2) is 23.4 Å². The largest absolute Gasteiger partial charge is 0.338 e. The van der Waals surface area contributed by atoms with Crippen molar-refractivity contribution in [1.29, 1.82) is 0 Å². The van der Waals surface area contributed by atoms with Crippen LogP contribution in [0.5, 0.6) is 0 Å². The molecule has 1 heterocycles. The highest BCUT2D eigenvalue weighted by molar-refractivity contribution is 5.83. The zero-order chi connectivity index (χ0) is 12.3. The average Bonchev–Trinajstić information content (AvgIpc) is 2.86. The summed E-state index contributed by atoms with van der Waals surface area (Å²) in [7, 11) is 0. The molecule has 17 heavy (non-hydrogen) atoms. The highest BCUT2D eigenvalue weighted by Crippen LogP contribution is 2.23. The van der Waals surface area contributed by atoms with Crippen LogP contribution in [0.2, 0.25) is 0 Å². The Labute approximate surface area is 103 Å². The number of carbonyl (C=O) groups is 1. The summed E-state index contributed by atoms with van der Waals surface area (Å²) < 4.78 is 0. The molecule has 0 bridgehead atoms. The topological polar surface area (TPSA) is 46.3 Å². The Kier molecular flexibility index (Phi) is 3.79. The number of nitrogens with two attached hydrogens (primary N) is 1. The van der Waals surface area contributed by atoms with Crippen LogP contribution in [0.3, 0.4) is 0 Å². The van der Waals surface area contributed by atoms with Crippen LogP contribution in [0.15, 0.2) is 30.3 Å². The average molecular weight is 232 g/mol. The summed E-state index contributed by atoms with van der Waals surface area (Å²) in [6.45, 7) is 2.99. The van der Waals surface area contributed by atoms with Gasteiger partial charge in [-0.05, 0) is 24.8 Å². The molecule has 2 atom stereocenters. The molecule has 0 radical (unpaired) electrons. The number of likely N-dealkylation sites (tertiary alicyclic amines) is 1. The molecule has 1 saturated heterocycles.